The monoisotopic (exact) mass is 513 g/mol. The van der Waals surface area contributed by atoms with E-state index in [2.05, 4.69) is 81.3 Å². The fraction of sp³-hybridized carbons (Fsp3) is 0.500. The minimum Gasteiger partial charge on any atom is -0.407 e. The minimum atomic E-state index is -2.80. The molecule has 2 aliphatic carbocycles. The Hall–Kier alpha value is -2.70. The normalized spacial score (nSPS) is 28.4. The number of hydrogen-bond acceptors (Lipinski definition) is 4. The summed E-state index contributed by atoms with van der Waals surface area (Å²) >= 11 is 0. The molecule has 2 aliphatic rings. The third kappa shape index (κ3) is 4.59. The molecule has 0 amide bonds. The lowest BCUT2D eigenvalue weighted by Crippen LogP contribution is -2.68. The zero-order chi connectivity index (χ0) is 26.7. The number of Topliss-reactive ketones (excluding diaryl/α,β-unsaturated/α-hetero) is 1. The molecule has 0 radical (unpaired) electrons. The van der Waals surface area contributed by atoms with Gasteiger partial charge in [-0.15, -0.1) is 12.3 Å². The molecule has 2 aromatic rings. The van der Waals surface area contributed by atoms with Crippen molar-refractivity contribution in [3.63, 3.8) is 0 Å². The van der Waals surface area contributed by atoms with Gasteiger partial charge in [-0.1, -0.05) is 87.9 Å². The summed E-state index contributed by atoms with van der Waals surface area (Å²) in [5, 5.41) is 23.0. The van der Waals surface area contributed by atoms with Crippen molar-refractivity contribution in [2.45, 2.75) is 76.4 Å². The predicted molar refractivity (Wildman–Crippen MR) is 150 cm³/mol. The van der Waals surface area contributed by atoms with E-state index in [0.29, 0.717) is 25.9 Å². The molecule has 0 heterocycles. The molecule has 4 nitrogen and oxygen atoms in total. The van der Waals surface area contributed by atoms with E-state index in [4.69, 9.17) is 10.8 Å². The second-order valence-electron chi connectivity index (χ2n) is 11.9. The lowest BCUT2D eigenvalue weighted by molar-refractivity contribution is -0.166. The van der Waals surface area contributed by atoms with Gasteiger partial charge in [0, 0.05) is 12.5 Å². The van der Waals surface area contributed by atoms with Gasteiger partial charge >= 0.3 is 0 Å². The van der Waals surface area contributed by atoms with Crippen molar-refractivity contribution in [2.75, 3.05) is 6.61 Å². The highest BCUT2D eigenvalue weighted by Gasteiger charge is 2.61. The highest BCUT2D eigenvalue weighted by Crippen LogP contribution is 2.55. The molecule has 2 saturated carbocycles. The highest BCUT2D eigenvalue weighted by atomic mass is 28.4. The second kappa shape index (κ2) is 10.6. The SMILES string of the molecule is C#CC1CCCC(CO[Si](c2ccccc2)(c2ccccc2)C(C)(C)C)C12CCCC(O)(CC#N)C2=O. The molecule has 4 rings (SSSR count). The molecule has 1 spiro atoms. The van der Waals surface area contributed by atoms with Gasteiger partial charge in [-0.25, -0.2) is 0 Å². The number of benzene rings is 2. The van der Waals surface area contributed by atoms with E-state index < -0.39 is 19.3 Å². The number of aliphatic hydroxyl groups is 1. The minimum absolute atomic E-state index is 0.109. The standard InChI is InChI=1S/C32H39NO3Si/c1-5-25-14-12-15-26(32(25)21-13-20-31(35,22-23-33)29(32)34)24-36-37(30(2,3)4,27-16-8-6-9-17-27)28-18-10-7-11-19-28/h1,6-11,16-19,25-26,35H,12-15,20-22,24H2,2-4H3. The average Bonchev–Trinajstić information content (AvgIpc) is 2.89. The summed E-state index contributed by atoms with van der Waals surface area (Å²) in [7, 11) is -2.80. The molecular weight excluding hydrogens is 474 g/mol. The number of carbonyl (C=O) groups is 1. The van der Waals surface area contributed by atoms with Gasteiger partial charge in [0.05, 0.1) is 17.9 Å². The zero-order valence-electron chi connectivity index (χ0n) is 22.4. The molecule has 0 aliphatic heterocycles. The largest absolute Gasteiger partial charge is 0.407 e. The van der Waals surface area contributed by atoms with Crippen LogP contribution in [0.4, 0.5) is 0 Å². The van der Waals surface area contributed by atoms with Gasteiger partial charge in [0.15, 0.2) is 5.78 Å². The average molecular weight is 514 g/mol. The number of terminal acetylenes is 1. The molecule has 194 valence electrons. The molecule has 37 heavy (non-hydrogen) atoms. The lowest BCUT2D eigenvalue weighted by atomic mass is 9.51. The maximum Gasteiger partial charge on any atom is 0.261 e. The van der Waals surface area contributed by atoms with Gasteiger partial charge in [0.1, 0.15) is 5.60 Å². The van der Waals surface area contributed by atoms with Gasteiger partial charge < -0.3 is 9.53 Å². The van der Waals surface area contributed by atoms with E-state index in [9.17, 15) is 15.2 Å². The lowest BCUT2D eigenvalue weighted by Gasteiger charge is -2.53. The molecular formula is C32H39NO3Si. The number of hydrogen-bond donors (Lipinski definition) is 1. The Morgan fingerprint density at radius 1 is 1.03 bits per heavy atom. The number of carbonyl (C=O) groups excluding carboxylic acids is 1. The van der Waals surface area contributed by atoms with Gasteiger partial charge in [-0.3, -0.25) is 4.79 Å². The Balaban J connectivity index is 1.80. The summed E-state index contributed by atoms with van der Waals surface area (Å²) in [5.74, 6) is 2.34. The van der Waals surface area contributed by atoms with Gasteiger partial charge in [0.25, 0.3) is 8.32 Å². The van der Waals surface area contributed by atoms with Crippen LogP contribution in [-0.4, -0.2) is 31.4 Å². The van der Waals surface area contributed by atoms with Crippen LogP contribution in [0.1, 0.15) is 65.7 Å². The second-order valence-corrected chi connectivity index (χ2v) is 16.2. The first kappa shape index (κ1) is 27.3. The van der Waals surface area contributed by atoms with Crippen LogP contribution in [0.15, 0.2) is 60.7 Å². The van der Waals surface area contributed by atoms with Gasteiger partial charge in [-0.2, -0.15) is 5.26 Å². The molecule has 0 aromatic heterocycles. The van der Waals surface area contributed by atoms with Crippen LogP contribution >= 0.6 is 0 Å². The number of rotatable bonds is 6. The maximum atomic E-state index is 14.1. The summed E-state index contributed by atoms with van der Waals surface area (Å²) in [6, 6.07) is 23.1. The van der Waals surface area contributed by atoms with Crippen LogP contribution in [0.25, 0.3) is 0 Å². The summed E-state index contributed by atoms with van der Waals surface area (Å²) in [6.07, 6.45) is 10.0. The molecule has 0 saturated heterocycles. The van der Waals surface area contributed by atoms with Crippen LogP contribution in [-0.2, 0) is 9.22 Å². The Labute approximate surface area is 223 Å². The van der Waals surface area contributed by atoms with Crippen LogP contribution < -0.4 is 10.4 Å². The third-order valence-electron chi connectivity index (χ3n) is 8.91. The van der Waals surface area contributed by atoms with Crippen LogP contribution in [0, 0.1) is 40.9 Å². The van der Waals surface area contributed by atoms with E-state index in [0.717, 1.165) is 19.3 Å². The van der Waals surface area contributed by atoms with E-state index in [1.54, 1.807) is 0 Å². The van der Waals surface area contributed by atoms with E-state index >= 15 is 0 Å². The predicted octanol–water partition coefficient (Wildman–Crippen LogP) is 5.00. The molecule has 4 atom stereocenters. The number of nitrogens with zero attached hydrogens (tertiary/aromatic N) is 1. The first-order chi connectivity index (χ1) is 17.7. The van der Waals surface area contributed by atoms with E-state index in [-0.39, 0.29) is 29.1 Å². The van der Waals surface area contributed by atoms with Gasteiger partial charge in [0.2, 0.25) is 0 Å². The Morgan fingerprint density at radius 3 is 2.14 bits per heavy atom. The van der Waals surface area contributed by atoms with Gasteiger partial charge in [-0.05, 0) is 53.4 Å². The number of ketones is 1. The van der Waals surface area contributed by atoms with Crippen LogP contribution in [0.2, 0.25) is 5.04 Å². The molecule has 1 N–H and O–H groups in total. The van der Waals surface area contributed by atoms with Crippen LogP contribution in [0.3, 0.4) is 0 Å². The molecule has 5 heteroatoms. The molecule has 2 fully saturated rings. The Kier molecular flexibility index (Phi) is 7.82. The summed E-state index contributed by atoms with van der Waals surface area (Å²) in [5.41, 5.74) is -2.49. The summed E-state index contributed by atoms with van der Waals surface area (Å²) in [6.45, 7) is 7.15. The summed E-state index contributed by atoms with van der Waals surface area (Å²) in [4.78, 5) is 14.1. The topological polar surface area (TPSA) is 70.3 Å². The van der Waals surface area contributed by atoms with Crippen molar-refractivity contribution in [1.82, 2.24) is 0 Å². The smallest absolute Gasteiger partial charge is 0.261 e. The van der Waals surface area contributed by atoms with Crippen molar-refractivity contribution in [3.05, 3.63) is 60.7 Å². The van der Waals surface area contributed by atoms with Crippen molar-refractivity contribution in [1.29, 1.82) is 5.26 Å². The van der Waals surface area contributed by atoms with Crippen LogP contribution in [0.5, 0.6) is 0 Å². The molecule has 2 aromatic carbocycles. The van der Waals surface area contributed by atoms with Crippen molar-refractivity contribution >= 4 is 24.5 Å². The quantitative estimate of drug-likeness (QED) is 0.436. The van der Waals surface area contributed by atoms with Crippen molar-refractivity contribution < 1.29 is 14.3 Å². The fourth-order valence-electron chi connectivity index (χ4n) is 7.17. The van der Waals surface area contributed by atoms with E-state index in [1.807, 2.05) is 12.1 Å². The Morgan fingerprint density at radius 2 is 1.62 bits per heavy atom. The highest BCUT2D eigenvalue weighted by molar-refractivity contribution is 6.99. The Bertz CT molecular complexity index is 1140. The number of nitriles is 1. The van der Waals surface area contributed by atoms with E-state index in [1.165, 1.54) is 10.4 Å². The molecule has 0 bridgehead atoms. The van der Waals surface area contributed by atoms with Crippen molar-refractivity contribution in [2.24, 2.45) is 17.3 Å². The first-order valence-corrected chi connectivity index (χ1v) is 15.4. The first-order valence-electron chi connectivity index (χ1n) is 13.5. The zero-order valence-corrected chi connectivity index (χ0v) is 23.4. The van der Waals surface area contributed by atoms with Crippen molar-refractivity contribution in [3.8, 4) is 18.4 Å². The third-order valence-corrected chi connectivity index (χ3v) is 13.9. The maximum absolute atomic E-state index is 14.1. The molecule has 4 unspecified atom stereocenters. The summed E-state index contributed by atoms with van der Waals surface area (Å²) < 4.78 is 7.27. The fourth-order valence-corrected chi connectivity index (χ4v) is 11.8.